The van der Waals surface area contributed by atoms with E-state index in [-0.39, 0.29) is 12.2 Å². The van der Waals surface area contributed by atoms with Crippen LogP contribution in [0.25, 0.3) is 5.76 Å². The molecule has 0 radical (unpaired) electrons. The number of allylic oxidation sites excluding steroid dienone is 4. The van der Waals surface area contributed by atoms with Crippen LogP contribution in [0.15, 0.2) is 82.8 Å². The second-order valence-electron chi connectivity index (χ2n) is 7.88. The standard InChI is InChI=1S/C24H27N3OS/c1-26-14-10-20(18-9-11-25-23(15-18)27-12-3-4-13-27)24-21(26)16-22(28-24)17-5-7-19(29-2)8-6-17/h5-11,14-16,21,23,25H,3-4,12-13H2,1-2H3. The van der Waals surface area contributed by atoms with Crippen LogP contribution in [0, 0.1) is 0 Å². The van der Waals surface area contributed by atoms with Crippen molar-refractivity contribution in [2.45, 2.75) is 29.9 Å². The fraction of sp³-hybridized carbons (Fsp3) is 0.333. The van der Waals surface area contributed by atoms with Gasteiger partial charge in [-0.15, -0.1) is 11.8 Å². The zero-order valence-corrected chi connectivity index (χ0v) is 17.8. The minimum absolute atomic E-state index is 0.139. The van der Waals surface area contributed by atoms with Crippen LogP contribution in [-0.4, -0.2) is 48.4 Å². The molecule has 1 fully saturated rings. The zero-order chi connectivity index (χ0) is 19.8. The summed E-state index contributed by atoms with van der Waals surface area (Å²) < 4.78 is 6.45. The summed E-state index contributed by atoms with van der Waals surface area (Å²) in [4.78, 5) is 5.99. The van der Waals surface area contributed by atoms with Crippen LogP contribution in [0.3, 0.4) is 0 Å². The average molecular weight is 406 g/mol. The Kier molecular flexibility index (Phi) is 5.02. The van der Waals surface area contributed by atoms with Gasteiger partial charge in [0.1, 0.15) is 17.6 Å². The van der Waals surface area contributed by atoms with Gasteiger partial charge in [-0.3, -0.25) is 4.90 Å². The van der Waals surface area contributed by atoms with E-state index in [0.717, 1.165) is 30.2 Å². The van der Waals surface area contributed by atoms with E-state index < -0.39 is 0 Å². The summed E-state index contributed by atoms with van der Waals surface area (Å²) in [5.41, 5.74) is 3.54. The molecule has 0 bridgehead atoms. The van der Waals surface area contributed by atoms with Gasteiger partial charge in [0.15, 0.2) is 0 Å². The molecule has 0 spiro atoms. The van der Waals surface area contributed by atoms with Crippen LogP contribution in [0.4, 0.5) is 0 Å². The zero-order valence-electron chi connectivity index (χ0n) is 17.0. The highest BCUT2D eigenvalue weighted by atomic mass is 32.2. The Hall–Kier alpha value is -2.37. The number of hydrogen-bond acceptors (Lipinski definition) is 5. The predicted octanol–water partition coefficient (Wildman–Crippen LogP) is 4.33. The van der Waals surface area contributed by atoms with E-state index in [1.165, 1.54) is 28.9 Å². The van der Waals surface area contributed by atoms with Crippen molar-refractivity contribution in [3.05, 3.63) is 83.4 Å². The summed E-state index contributed by atoms with van der Waals surface area (Å²) in [5, 5.41) is 3.50. The third-order valence-corrected chi connectivity index (χ3v) is 6.81. The van der Waals surface area contributed by atoms with Crippen LogP contribution in [0.1, 0.15) is 18.4 Å². The molecule has 0 aromatic heterocycles. The average Bonchev–Trinajstić information content (AvgIpc) is 3.45. The Labute approximate surface area is 177 Å². The van der Waals surface area contributed by atoms with Gasteiger partial charge in [-0.25, -0.2) is 0 Å². The first kappa shape index (κ1) is 18.6. The highest BCUT2D eigenvalue weighted by Gasteiger charge is 2.33. The maximum absolute atomic E-state index is 6.45. The summed E-state index contributed by atoms with van der Waals surface area (Å²) in [7, 11) is 2.11. The molecule has 2 unspecified atom stereocenters. The van der Waals surface area contributed by atoms with Gasteiger partial charge in [0.2, 0.25) is 0 Å². The monoisotopic (exact) mass is 405 g/mol. The fourth-order valence-corrected chi connectivity index (χ4v) is 4.79. The molecule has 29 heavy (non-hydrogen) atoms. The lowest BCUT2D eigenvalue weighted by Crippen LogP contribution is -2.41. The molecule has 0 amide bonds. The predicted molar refractivity (Wildman–Crippen MR) is 120 cm³/mol. The van der Waals surface area contributed by atoms with Crippen molar-refractivity contribution >= 4 is 17.5 Å². The summed E-state index contributed by atoms with van der Waals surface area (Å²) in [6, 6.07) is 8.75. The highest BCUT2D eigenvalue weighted by molar-refractivity contribution is 7.98. The molecular formula is C24H27N3OS. The number of nitrogens with zero attached hydrogens (tertiary/aromatic N) is 2. The number of nitrogens with one attached hydrogen (secondary N) is 1. The minimum atomic E-state index is 0.139. The number of rotatable bonds is 4. The molecule has 1 N–H and O–H groups in total. The van der Waals surface area contributed by atoms with Crippen molar-refractivity contribution in [2.75, 3.05) is 26.4 Å². The Morgan fingerprint density at radius 3 is 2.62 bits per heavy atom. The van der Waals surface area contributed by atoms with Gasteiger partial charge in [0.05, 0.1) is 6.17 Å². The van der Waals surface area contributed by atoms with Crippen LogP contribution >= 0.6 is 11.8 Å². The van der Waals surface area contributed by atoms with E-state index in [9.17, 15) is 0 Å². The quantitative estimate of drug-likeness (QED) is 0.753. The lowest BCUT2D eigenvalue weighted by Gasteiger charge is -2.31. The van der Waals surface area contributed by atoms with E-state index in [4.69, 9.17) is 4.74 Å². The van der Waals surface area contributed by atoms with Gasteiger partial charge in [-0.1, -0.05) is 12.1 Å². The number of benzene rings is 1. The highest BCUT2D eigenvalue weighted by Crippen LogP contribution is 2.39. The lowest BCUT2D eigenvalue weighted by atomic mass is 9.96. The second kappa shape index (κ2) is 7.81. The Balaban J connectivity index is 1.45. The SMILES string of the molecule is CSc1ccc(C2=CC3C(=C(C4=CC(N5CCCC5)NC=C4)C=CN3C)O2)cc1. The molecule has 1 aromatic carbocycles. The first-order valence-corrected chi connectivity index (χ1v) is 11.5. The summed E-state index contributed by atoms with van der Waals surface area (Å²) in [6.45, 7) is 2.33. The molecule has 0 saturated carbocycles. The Morgan fingerprint density at radius 2 is 1.86 bits per heavy atom. The maximum Gasteiger partial charge on any atom is 0.138 e. The third-order valence-electron chi connectivity index (χ3n) is 6.07. The number of hydrogen-bond donors (Lipinski definition) is 1. The number of dihydropyridines is 1. The van der Waals surface area contributed by atoms with Gasteiger partial charge < -0.3 is 15.0 Å². The van der Waals surface area contributed by atoms with Gasteiger partial charge in [-0.2, -0.15) is 0 Å². The maximum atomic E-state index is 6.45. The first-order chi connectivity index (χ1) is 14.2. The molecule has 4 nitrogen and oxygen atoms in total. The molecule has 4 aliphatic heterocycles. The van der Waals surface area contributed by atoms with Crippen molar-refractivity contribution < 1.29 is 4.74 Å². The van der Waals surface area contributed by atoms with Gasteiger partial charge in [0, 0.05) is 42.4 Å². The normalized spacial score (nSPS) is 26.2. The summed E-state index contributed by atoms with van der Waals surface area (Å²) in [5.74, 6) is 1.97. The Bertz CT molecular complexity index is 935. The lowest BCUT2D eigenvalue weighted by molar-refractivity contribution is 0.261. The van der Waals surface area contributed by atoms with Gasteiger partial charge in [0.25, 0.3) is 0 Å². The fourth-order valence-electron chi connectivity index (χ4n) is 4.38. The van der Waals surface area contributed by atoms with Crippen LogP contribution in [-0.2, 0) is 4.74 Å². The second-order valence-corrected chi connectivity index (χ2v) is 8.76. The minimum Gasteiger partial charge on any atom is -0.458 e. The Morgan fingerprint density at radius 1 is 1.07 bits per heavy atom. The van der Waals surface area contributed by atoms with Crippen LogP contribution in [0.5, 0.6) is 0 Å². The molecule has 150 valence electrons. The van der Waals surface area contributed by atoms with E-state index in [1.807, 2.05) is 0 Å². The van der Waals surface area contributed by atoms with Crippen molar-refractivity contribution in [3.63, 3.8) is 0 Å². The van der Waals surface area contributed by atoms with Gasteiger partial charge >= 0.3 is 0 Å². The number of ether oxygens (including phenoxy) is 1. The molecule has 0 aliphatic carbocycles. The van der Waals surface area contributed by atoms with E-state index in [2.05, 4.69) is 89.4 Å². The molecule has 5 heteroatoms. The smallest absolute Gasteiger partial charge is 0.138 e. The molecule has 1 aromatic rings. The van der Waals surface area contributed by atoms with Crippen molar-refractivity contribution in [1.82, 2.24) is 15.1 Å². The molecule has 4 aliphatic rings. The van der Waals surface area contributed by atoms with E-state index in [0.29, 0.717) is 0 Å². The van der Waals surface area contributed by atoms with Crippen molar-refractivity contribution in [3.8, 4) is 0 Å². The van der Waals surface area contributed by atoms with E-state index in [1.54, 1.807) is 11.8 Å². The van der Waals surface area contributed by atoms with Crippen LogP contribution in [0.2, 0.25) is 0 Å². The summed E-state index contributed by atoms with van der Waals surface area (Å²) >= 11 is 1.76. The first-order valence-electron chi connectivity index (χ1n) is 10.3. The van der Waals surface area contributed by atoms with E-state index >= 15 is 0 Å². The van der Waals surface area contributed by atoms with Crippen molar-refractivity contribution in [1.29, 1.82) is 0 Å². The number of thioether (sulfide) groups is 1. The molecule has 4 heterocycles. The third kappa shape index (κ3) is 3.53. The molecule has 5 rings (SSSR count). The number of fused-ring (bicyclic) bond motifs is 1. The summed E-state index contributed by atoms with van der Waals surface area (Å²) in [6.07, 6.45) is 18.1. The van der Waals surface area contributed by atoms with Gasteiger partial charge in [-0.05, 0) is 67.3 Å². The van der Waals surface area contributed by atoms with Crippen LogP contribution < -0.4 is 5.32 Å². The number of likely N-dealkylation sites (N-methyl/N-ethyl adjacent to an activating group) is 1. The molecule has 1 saturated heterocycles. The topological polar surface area (TPSA) is 27.7 Å². The molecular weight excluding hydrogens is 378 g/mol. The van der Waals surface area contributed by atoms with Crippen molar-refractivity contribution in [2.24, 2.45) is 0 Å². The molecule has 2 atom stereocenters. The largest absolute Gasteiger partial charge is 0.458 e. The number of likely N-dealkylation sites (tertiary alicyclic amines) is 1.